The highest BCUT2D eigenvalue weighted by Crippen LogP contribution is 2.27. The molecule has 1 aliphatic heterocycles. The van der Waals surface area contributed by atoms with Gasteiger partial charge in [0.15, 0.2) is 5.82 Å². The lowest BCUT2D eigenvalue weighted by molar-refractivity contribution is 0.0117. The topological polar surface area (TPSA) is 70.4 Å². The van der Waals surface area contributed by atoms with E-state index in [1.165, 1.54) is 0 Å². The zero-order chi connectivity index (χ0) is 16.3. The molecule has 124 valence electrons. The number of carbonyl (C=O) groups excluding carboxylic acids is 1. The number of amides is 2. The largest absolute Gasteiger partial charge is 0.388 e. The molecule has 1 saturated heterocycles. The fraction of sp³-hybridized carbons (Fsp3) is 0.750. The van der Waals surface area contributed by atoms with Crippen molar-refractivity contribution in [2.45, 2.75) is 65.1 Å². The van der Waals surface area contributed by atoms with Crippen LogP contribution in [0.3, 0.4) is 0 Å². The number of rotatable bonds is 5. The fourth-order valence-electron chi connectivity index (χ4n) is 2.87. The smallest absolute Gasteiger partial charge is 0.323 e. The zero-order valence-electron chi connectivity index (χ0n) is 14.0. The number of aryl methyl sites for hydroxylation is 1. The maximum Gasteiger partial charge on any atom is 0.323 e. The van der Waals surface area contributed by atoms with E-state index in [9.17, 15) is 9.90 Å². The third kappa shape index (κ3) is 4.22. The predicted octanol–water partition coefficient (Wildman–Crippen LogP) is 2.70. The molecule has 6 heteroatoms. The van der Waals surface area contributed by atoms with Crippen LogP contribution in [0.5, 0.6) is 0 Å². The molecule has 2 N–H and O–H groups in total. The van der Waals surface area contributed by atoms with Gasteiger partial charge in [0.1, 0.15) is 0 Å². The number of anilines is 1. The van der Waals surface area contributed by atoms with Crippen LogP contribution in [0.25, 0.3) is 0 Å². The van der Waals surface area contributed by atoms with Crippen LogP contribution in [0.1, 0.15) is 47.0 Å². The first-order valence-corrected chi connectivity index (χ1v) is 8.11. The first kappa shape index (κ1) is 16.8. The molecule has 6 nitrogen and oxygen atoms in total. The highest BCUT2D eigenvalue weighted by molar-refractivity contribution is 5.88. The Morgan fingerprint density at radius 1 is 1.55 bits per heavy atom. The predicted molar refractivity (Wildman–Crippen MR) is 86.7 cm³/mol. The Morgan fingerprint density at radius 3 is 2.91 bits per heavy atom. The number of likely N-dealkylation sites (tertiary alicyclic amines) is 1. The minimum absolute atomic E-state index is 0.143. The molecule has 0 aliphatic carbocycles. The van der Waals surface area contributed by atoms with Crippen LogP contribution in [0.15, 0.2) is 12.3 Å². The fourth-order valence-corrected chi connectivity index (χ4v) is 2.87. The van der Waals surface area contributed by atoms with Gasteiger partial charge in [0.05, 0.1) is 11.6 Å². The van der Waals surface area contributed by atoms with E-state index in [-0.39, 0.29) is 12.1 Å². The molecule has 0 aromatic carbocycles. The van der Waals surface area contributed by atoms with Crippen molar-refractivity contribution in [1.29, 1.82) is 0 Å². The minimum atomic E-state index is -0.884. The molecule has 2 rings (SSSR count). The van der Waals surface area contributed by atoms with Crippen molar-refractivity contribution in [3.05, 3.63) is 12.3 Å². The molecule has 0 unspecified atom stereocenters. The van der Waals surface area contributed by atoms with Crippen molar-refractivity contribution in [2.75, 3.05) is 11.9 Å². The summed E-state index contributed by atoms with van der Waals surface area (Å²) in [5.74, 6) is 1.19. The van der Waals surface area contributed by atoms with Gasteiger partial charge in [-0.1, -0.05) is 13.8 Å². The number of aliphatic hydroxyl groups is 1. The lowest BCUT2D eigenvalue weighted by Gasteiger charge is -2.33. The minimum Gasteiger partial charge on any atom is -0.388 e. The van der Waals surface area contributed by atoms with Crippen molar-refractivity contribution in [2.24, 2.45) is 5.92 Å². The van der Waals surface area contributed by atoms with Gasteiger partial charge in [-0.3, -0.25) is 10.00 Å². The summed E-state index contributed by atoms with van der Waals surface area (Å²) >= 11 is 0. The van der Waals surface area contributed by atoms with E-state index in [1.54, 1.807) is 18.7 Å². The highest BCUT2D eigenvalue weighted by Gasteiger charge is 2.38. The van der Waals surface area contributed by atoms with E-state index in [1.807, 2.05) is 16.9 Å². The number of hydrogen-bond donors (Lipinski definition) is 2. The van der Waals surface area contributed by atoms with E-state index in [2.05, 4.69) is 24.3 Å². The van der Waals surface area contributed by atoms with Crippen molar-refractivity contribution in [1.82, 2.24) is 14.7 Å². The van der Waals surface area contributed by atoms with Crippen LogP contribution >= 0.6 is 0 Å². The van der Waals surface area contributed by atoms with Crippen LogP contribution in [-0.4, -0.2) is 44.0 Å². The van der Waals surface area contributed by atoms with E-state index < -0.39 is 5.60 Å². The summed E-state index contributed by atoms with van der Waals surface area (Å²) in [6, 6.07) is 1.49. The molecule has 2 heterocycles. The molecule has 1 fully saturated rings. The number of nitrogens with one attached hydrogen (secondary N) is 1. The van der Waals surface area contributed by atoms with Crippen LogP contribution in [0.2, 0.25) is 0 Å². The molecule has 0 bridgehead atoms. The summed E-state index contributed by atoms with van der Waals surface area (Å²) < 4.78 is 1.85. The SMILES string of the molecule is CC(C)CCn1ccc(NC(=O)N2CCC[C@@H]2C(C)(C)O)n1. The molecule has 0 saturated carbocycles. The monoisotopic (exact) mass is 308 g/mol. The van der Waals surface area contributed by atoms with Gasteiger partial charge < -0.3 is 10.0 Å². The van der Waals surface area contributed by atoms with Gasteiger partial charge in [0, 0.05) is 25.4 Å². The van der Waals surface area contributed by atoms with E-state index in [0.29, 0.717) is 18.3 Å². The summed E-state index contributed by atoms with van der Waals surface area (Å²) in [4.78, 5) is 14.1. The Hall–Kier alpha value is -1.56. The maximum absolute atomic E-state index is 12.4. The van der Waals surface area contributed by atoms with Gasteiger partial charge in [-0.15, -0.1) is 0 Å². The first-order valence-electron chi connectivity index (χ1n) is 8.11. The molecule has 1 aromatic rings. The quantitative estimate of drug-likeness (QED) is 0.878. The lowest BCUT2D eigenvalue weighted by atomic mass is 9.97. The van der Waals surface area contributed by atoms with E-state index >= 15 is 0 Å². The molecular formula is C16H28N4O2. The number of aromatic nitrogens is 2. The van der Waals surface area contributed by atoms with Crippen LogP contribution < -0.4 is 5.32 Å². The number of hydrogen-bond acceptors (Lipinski definition) is 3. The van der Waals surface area contributed by atoms with Crippen molar-refractivity contribution in [3.63, 3.8) is 0 Å². The number of carbonyl (C=O) groups is 1. The Labute approximate surface area is 132 Å². The lowest BCUT2D eigenvalue weighted by Crippen LogP contribution is -2.49. The van der Waals surface area contributed by atoms with Gasteiger partial charge in [-0.05, 0) is 39.0 Å². The molecule has 1 atom stereocenters. The standard InChI is InChI=1S/C16H28N4O2/c1-12(2)7-10-19-11-8-14(18-19)17-15(21)20-9-5-6-13(20)16(3,4)22/h8,11-13,22H,5-7,9-10H2,1-4H3,(H,17,18,21)/t13-/m1/s1. The second kappa shape index (κ2) is 6.69. The van der Waals surface area contributed by atoms with Gasteiger partial charge in [0.2, 0.25) is 0 Å². The van der Waals surface area contributed by atoms with Gasteiger partial charge >= 0.3 is 6.03 Å². The van der Waals surface area contributed by atoms with Gasteiger partial charge in [0.25, 0.3) is 0 Å². The van der Waals surface area contributed by atoms with Crippen LogP contribution in [0, 0.1) is 5.92 Å². The first-order chi connectivity index (χ1) is 10.3. The zero-order valence-corrected chi connectivity index (χ0v) is 14.0. The molecule has 1 aromatic heterocycles. The van der Waals surface area contributed by atoms with Crippen molar-refractivity contribution in [3.8, 4) is 0 Å². The second-order valence-corrected chi connectivity index (χ2v) is 7.08. The van der Waals surface area contributed by atoms with E-state index in [4.69, 9.17) is 0 Å². The summed E-state index contributed by atoms with van der Waals surface area (Å²) in [7, 11) is 0. The highest BCUT2D eigenvalue weighted by atomic mass is 16.3. The molecule has 22 heavy (non-hydrogen) atoms. The van der Waals surface area contributed by atoms with Crippen LogP contribution in [0.4, 0.5) is 10.6 Å². The molecule has 0 spiro atoms. The summed E-state index contributed by atoms with van der Waals surface area (Å²) in [5.41, 5.74) is -0.884. The Morgan fingerprint density at radius 2 is 2.27 bits per heavy atom. The third-order valence-corrected chi connectivity index (χ3v) is 4.14. The Bertz CT molecular complexity index is 504. The summed E-state index contributed by atoms with van der Waals surface area (Å²) in [6.45, 7) is 9.39. The molecule has 2 amide bonds. The second-order valence-electron chi connectivity index (χ2n) is 7.08. The summed E-state index contributed by atoms with van der Waals surface area (Å²) in [6.07, 6.45) is 4.70. The molecule has 0 radical (unpaired) electrons. The Balaban J connectivity index is 1.94. The average Bonchev–Trinajstić information content (AvgIpc) is 3.04. The average molecular weight is 308 g/mol. The molecule has 1 aliphatic rings. The Kier molecular flexibility index (Phi) is 5.11. The number of nitrogens with zero attached hydrogens (tertiary/aromatic N) is 3. The van der Waals surface area contributed by atoms with Crippen LogP contribution in [-0.2, 0) is 6.54 Å². The summed E-state index contributed by atoms with van der Waals surface area (Å²) in [5, 5.41) is 17.4. The van der Waals surface area contributed by atoms with Crippen molar-refractivity contribution >= 4 is 11.8 Å². The normalized spacial score (nSPS) is 19.0. The molecular weight excluding hydrogens is 280 g/mol. The van der Waals surface area contributed by atoms with Gasteiger partial charge in [-0.25, -0.2) is 4.79 Å². The number of urea groups is 1. The third-order valence-electron chi connectivity index (χ3n) is 4.14. The van der Waals surface area contributed by atoms with Gasteiger partial charge in [-0.2, -0.15) is 5.10 Å². The van der Waals surface area contributed by atoms with E-state index in [0.717, 1.165) is 25.8 Å². The van der Waals surface area contributed by atoms with Crippen molar-refractivity contribution < 1.29 is 9.90 Å². The maximum atomic E-state index is 12.4.